The average molecular weight is 220 g/mol. The maximum absolute atomic E-state index is 12.9. The van der Waals surface area contributed by atoms with Gasteiger partial charge in [0.25, 0.3) is 0 Å². The molecule has 86 valence electrons. The molecule has 6 heteroatoms. The lowest BCUT2D eigenvalue weighted by atomic mass is 9.91. The lowest BCUT2D eigenvalue weighted by molar-refractivity contribution is -0.145. The second-order valence-electron chi connectivity index (χ2n) is 3.93. The number of nitrogens with zero attached hydrogens (tertiary/aromatic N) is 1. The number of piperidine rings is 1. The Morgan fingerprint density at radius 3 is 2.67 bits per heavy atom. The van der Waals surface area contributed by atoms with E-state index in [0.29, 0.717) is 0 Å². The summed E-state index contributed by atoms with van der Waals surface area (Å²) in [6.07, 6.45) is -0.000694. The Kier molecular flexibility index (Phi) is 3.26. The second kappa shape index (κ2) is 4.12. The van der Waals surface area contributed by atoms with Crippen LogP contribution in [0.1, 0.15) is 19.8 Å². The molecule has 1 atom stereocenters. The fraction of sp³-hybridized carbons (Fsp3) is 0.778. The van der Waals surface area contributed by atoms with Gasteiger partial charge in [-0.2, -0.15) is 0 Å². The predicted octanol–water partition coefficient (Wildman–Crippen LogP) is 0.366. The van der Waals surface area contributed by atoms with Crippen molar-refractivity contribution in [2.24, 2.45) is 11.7 Å². The third-order valence-corrected chi connectivity index (χ3v) is 2.58. The monoisotopic (exact) mass is 220 g/mol. The van der Waals surface area contributed by atoms with Crippen LogP contribution in [0.3, 0.4) is 0 Å². The molecule has 1 rings (SSSR count). The van der Waals surface area contributed by atoms with Crippen molar-refractivity contribution in [2.75, 3.05) is 13.1 Å². The molecule has 2 N–H and O–H groups in total. The van der Waals surface area contributed by atoms with Crippen molar-refractivity contribution < 1.29 is 18.4 Å². The van der Waals surface area contributed by atoms with Crippen LogP contribution < -0.4 is 5.73 Å². The Morgan fingerprint density at radius 1 is 1.67 bits per heavy atom. The predicted molar refractivity (Wildman–Crippen MR) is 49.1 cm³/mol. The summed E-state index contributed by atoms with van der Waals surface area (Å²) in [4.78, 5) is 23.2. The highest BCUT2D eigenvalue weighted by molar-refractivity contribution is 5.84. The summed E-state index contributed by atoms with van der Waals surface area (Å²) in [5, 5.41) is 0. The van der Waals surface area contributed by atoms with E-state index in [2.05, 4.69) is 0 Å². The molecule has 0 aromatic rings. The Balaban J connectivity index is 2.55. The van der Waals surface area contributed by atoms with E-state index in [-0.39, 0.29) is 25.9 Å². The van der Waals surface area contributed by atoms with Crippen molar-refractivity contribution in [3.8, 4) is 0 Å². The van der Waals surface area contributed by atoms with Gasteiger partial charge in [-0.05, 0) is 13.3 Å². The highest BCUT2D eigenvalue weighted by Crippen LogP contribution is 2.32. The molecule has 15 heavy (non-hydrogen) atoms. The highest BCUT2D eigenvalue weighted by atomic mass is 19.3. The molecular formula is C9H14F2N2O2. The Bertz CT molecular complexity index is 276. The van der Waals surface area contributed by atoms with E-state index in [4.69, 9.17) is 5.73 Å². The number of carbonyl (C=O) groups is 2. The van der Waals surface area contributed by atoms with Gasteiger partial charge in [-0.15, -0.1) is 0 Å². The van der Waals surface area contributed by atoms with E-state index < -0.39 is 23.7 Å². The van der Waals surface area contributed by atoms with Crippen molar-refractivity contribution in [3.05, 3.63) is 0 Å². The molecule has 0 spiro atoms. The Hall–Kier alpha value is -1.20. The van der Waals surface area contributed by atoms with Crippen molar-refractivity contribution >= 4 is 11.8 Å². The molecule has 2 amide bonds. The number of alkyl halides is 2. The minimum Gasteiger partial charge on any atom is -0.368 e. The first kappa shape index (κ1) is 11.9. The largest absolute Gasteiger partial charge is 0.368 e. The van der Waals surface area contributed by atoms with Gasteiger partial charge in [0.2, 0.25) is 17.7 Å². The molecular weight excluding hydrogens is 206 g/mol. The summed E-state index contributed by atoms with van der Waals surface area (Å²) in [7, 11) is 0. The topological polar surface area (TPSA) is 63.4 Å². The Labute approximate surface area is 86.4 Å². The second-order valence-corrected chi connectivity index (χ2v) is 3.93. The quantitative estimate of drug-likeness (QED) is 0.746. The van der Waals surface area contributed by atoms with Gasteiger partial charge < -0.3 is 10.6 Å². The van der Waals surface area contributed by atoms with Crippen LogP contribution in [0.4, 0.5) is 8.78 Å². The number of hydrogen-bond donors (Lipinski definition) is 1. The van der Waals surface area contributed by atoms with Crippen LogP contribution in [-0.2, 0) is 9.59 Å². The molecule has 0 bridgehead atoms. The van der Waals surface area contributed by atoms with Crippen LogP contribution >= 0.6 is 0 Å². The number of nitrogens with two attached hydrogens (primary N) is 1. The first-order valence-corrected chi connectivity index (χ1v) is 4.74. The number of rotatable bonds is 3. The summed E-state index contributed by atoms with van der Waals surface area (Å²) in [5.74, 6) is -4.81. The number of halogens is 2. The molecule has 4 nitrogen and oxygen atoms in total. The molecule has 1 unspecified atom stereocenters. The SMILES string of the molecule is CC(F)(F)C1CCN(CC(N)=O)C(=O)C1. The standard InChI is InChI=1S/C9H14F2N2O2/c1-9(10,11)6-2-3-13(5-7(12)14)8(15)4-6/h6H,2-5H2,1H3,(H2,12,14). The average Bonchev–Trinajstić information content (AvgIpc) is 2.05. The molecule has 0 saturated carbocycles. The first-order chi connectivity index (χ1) is 6.80. The number of likely N-dealkylation sites (tertiary alicyclic amines) is 1. The smallest absolute Gasteiger partial charge is 0.248 e. The molecule has 0 radical (unpaired) electrons. The van der Waals surface area contributed by atoms with Gasteiger partial charge in [-0.25, -0.2) is 8.78 Å². The lowest BCUT2D eigenvalue weighted by Crippen LogP contribution is -2.46. The van der Waals surface area contributed by atoms with Crippen molar-refractivity contribution in [2.45, 2.75) is 25.7 Å². The number of hydrogen-bond acceptors (Lipinski definition) is 2. The van der Waals surface area contributed by atoms with E-state index >= 15 is 0 Å². The molecule has 1 heterocycles. The zero-order valence-corrected chi connectivity index (χ0v) is 8.50. The maximum Gasteiger partial charge on any atom is 0.248 e. The van der Waals surface area contributed by atoms with Gasteiger partial charge in [0.05, 0.1) is 6.54 Å². The number of carbonyl (C=O) groups excluding carboxylic acids is 2. The fourth-order valence-corrected chi connectivity index (χ4v) is 1.67. The van der Waals surface area contributed by atoms with Gasteiger partial charge in [0.1, 0.15) is 0 Å². The molecule has 1 saturated heterocycles. The Morgan fingerprint density at radius 2 is 2.27 bits per heavy atom. The molecule has 0 aromatic carbocycles. The first-order valence-electron chi connectivity index (χ1n) is 4.74. The lowest BCUT2D eigenvalue weighted by Gasteiger charge is -2.33. The van der Waals surface area contributed by atoms with Crippen LogP contribution in [0.15, 0.2) is 0 Å². The van der Waals surface area contributed by atoms with Gasteiger partial charge in [-0.3, -0.25) is 9.59 Å². The summed E-state index contributed by atoms with van der Waals surface area (Å²) in [6.45, 7) is 0.811. The minimum absolute atomic E-state index is 0.176. The van der Waals surface area contributed by atoms with Crippen LogP contribution in [0, 0.1) is 5.92 Å². The highest BCUT2D eigenvalue weighted by Gasteiger charge is 2.39. The summed E-state index contributed by atoms with van der Waals surface area (Å²) >= 11 is 0. The van der Waals surface area contributed by atoms with Gasteiger partial charge in [0.15, 0.2) is 0 Å². The van der Waals surface area contributed by atoms with E-state index in [1.807, 2.05) is 0 Å². The molecule has 1 fully saturated rings. The summed E-state index contributed by atoms with van der Waals surface area (Å²) in [5.41, 5.74) is 4.92. The molecule has 1 aliphatic rings. The minimum atomic E-state index is -2.84. The molecule has 0 aliphatic carbocycles. The van der Waals surface area contributed by atoms with Crippen LogP contribution in [-0.4, -0.2) is 35.7 Å². The van der Waals surface area contributed by atoms with Crippen LogP contribution in [0.5, 0.6) is 0 Å². The maximum atomic E-state index is 12.9. The third kappa shape index (κ3) is 3.14. The molecule has 0 aromatic heterocycles. The van der Waals surface area contributed by atoms with E-state index in [9.17, 15) is 18.4 Å². The van der Waals surface area contributed by atoms with Crippen LogP contribution in [0.2, 0.25) is 0 Å². The van der Waals surface area contributed by atoms with Gasteiger partial charge in [-0.1, -0.05) is 0 Å². The fourth-order valence-electron chi connectivity index (χ4n) is 1.67. The third-order valence-electron chi connectivity index (χ3n) is 2.58. The summed E-state index contributed by atoms with van der Waals surface area (Å²) in [6, 6.07) is 0. The van der Waals surface area contributed by atoms with E-state index in [1.165, 1.54) is 4.90 Å². The van der Waals surface area contributed by atoms with E-state index in [0.717, 1.165) is 6.92 Å². The van der Waals surface area contributed by atoms with Crippen molar-refractivity contribution in [1.82, 2.24) is 4.90 Å². The molecule has 1 aliphatic heterocycles. The summed E-state index contributed by atoms with van der Waals surface area (Å²) < 4.78 is 25.8. The van der Waals surface area contributed by atoms with Gasteiger partial charge in [0, 0.05) is 18.9 Å². The zero-order valence-electron chi connectivity index (χ0n) is 8.50. The normalized spacial score (nSPS) is 23.0. The van der Waals surface area contributed by atoms with Crippen molar-refractivity contribution in [1.29, 1.82) is 0 Å². The number of amides is 2. The van der Waals surface area contributed by atoms with Gasteiger partial charge >= 0.3 is 0 Å². The van der Waals surface area contributed by atoms with E-state index in [1.54, 1.807) is 0 Å². The van der Waals surface area contributed by atoms with Crippen molar-refractivity contribution in [3.63, 3.8) is 0 Å². The number of primary amides is 1. The zero-order chi connectivity index (χ0) is 11.6. The van der Waals surface area contributed by atoms with Crippen LogP contribution in [0.25, 0.3) is 0 Å².